The highest BCUT2D eigenvalue weighted by Crippen LogP contribution is 2.40. The fraction of sp³-hybridized carbons (Fsp3) is 0.391. The third-order valence-electron chi connectivity index (χ3n) is 6.06. The zero-order valence-corrected chi connectivity index (χ0v) is 18.6. The lowest BCUT2D eigenvalue weighted by molar-refractivity contribution is -0.122. The van der Waals surface area contributed by atoms with Crippen molar-refractivity contribution in [2.24, 2.45) is 5.92 Å². The van der Waals surface area contributed by atoms with Gasteiger partial charge in [-0.15, -0.1) is 11.3 Å². The van der Waals surface area contributed by atoms with Gasteiger partial charge in [0.05, 0.1) is 16.5 Å². The fourth-order valence-corrected chi connectivity index (χ4v) is 4.71. The van der Waals surface area contributed by atoms with Crippen LogP contribution in [-0.2, 0) is 9.59 Å². The number of aromatic nitrogens is 2. The lowest BCUT2D eigenvalue weighted by atomic mass is 10.1. The first-order valence-electron chi connectivity index (χ1n) is 10.5. The number of amides is 2. The monoisotopic (exact) mass is 436 g/mol. The second-order valence-electron chi connectivity index (χ2n) is 8.47. The Morgan fingerprint density at radius 1 is 1.19 bits per heavy atom. The van der Waals surface area contributed by atoms with Crippen molar-refractivity contribution in [3.63, 3.8) is 0 Å². The van der Waals surface area contributed by atoms with Gasteiger partial charge in [-0.1, -0.05) is 11.2 Å². The van der Waals surface area contributed by atoms with Crippen molar-refractivity contribution in [2.75, 3.05) is 16.8 Å². The molecule has 1 aromatic carbocycles. The molecule has 0 unspecified atom stereocenters. The summed E-state index contributed by atoms with van der Waals surface area (Å²) < 4.78 is 5.35. The first kappa shape index (κ1) is 19.9. The van der Waals surface area contributed by atoms with Gasteiger partial charge in [0.1, 0.15) is 0 Å². The molecule has 1 atom stereocenters. The topological polar surface area (TPSA) is 88.3 Å². The average Bonchev–Trinajstić information content (AvgIpc) is 3.16. The minimum atomic E-state index is -0.386. The van der Waals surface area contributed by atoms with Crippen molar-refractivity contribution >= 4 is 34.5 Å². The second kappa shape index (κ2) is 7.60. The number of nitrogens with zero attached hydrogens (tertiary/aromatic N) is 3. The van der Waals surface area contributed by atoms with Crippen LogP contribution in [0.3, 0.4) is 0 Å². The van der Waals surface area contributed by atoms with Crippen LogP contribution < -0.4 is 10.2 Å². The molecule has 2 amide bonds. The number of nitrogens with one attached hydrogen (secondary N) is 1. The average molecular weight is 437 g/mol. The van der Waals surface area contributed by atoms with E-state index in [4.69, 9.17) is 4.52 Å². The molecule has 7 nitrogen and oxygen atoms in total. The molecule has 1 aliphatic heterocycles. The van der Waals surface area contributed by atoms with Gasteiger partial charge in [0, 0.05) is 29.4 Å². The predicted octanol–water partition coefficient (Wildman–Crippen LogP) is 4.59. The van der Waals surface area contributed by atoms with E-state index in [0.717, 1.165) is 39.5 Å². The van der Waals surface area contributed by atoms with Crippen LogP contribution in [0.1, 0.15) is 47.1 Å². The fourth-order valence-electron chi connectivity index (χ4n) is 3.81. The van der Waals surface area contributed by atoms with Gasteiger partial charge in [0.2, 0.25) is 23.5 Å². The first-order chi connectivity index (χ1) is 14.9. The molecule has 1 aliphatic carbocycles. The molecule has 8 heteroatoms. The number of carbonyl (C=O) groups is 2. The van der Waals surface area contributed by atoms with E-state index in [1.54, 1.807) is 4.90 Å². The lowest BCUT2D eigenvalue weighted by Crippen LogP contribution is -2.28. The molecule has 0 bridgehead atoms. The number of hydrogen-bond acceptors (Lipinski definition) is 6. The van der Waals surface area contributed by atoms with E-state index >= 15 is 0 Å². The summed E-state index contributed by atoms with van der Waals surface area (Å²) >= 11 is 1.52. The van der Waals surface area contributed by atoms with Gasteiger partial charge in [-0.05, 0) is 62.9 Å². The Morgan fingerprint density at radius 2 is 2.00 bits per heavy atom. The summed E-state index contributed by atoms with van der Waals surface area (Å²) in [5, 5.41) is 7.09. The van der Waals surface area contributed by atoms with Gasteiger partial charge in [-0.2, -0.15) is 4.98 Å². The van der Waals surface area contributed by atoms with Crippen LogP contribution in [0.2, 0.25) is 0 Å². The number of carbonyl (C=O) groups excluding carboxylic acids is 2. The Labute approximate surface area is 184 Å². The Kier molecular flexibility index (Phi) is 4.89. The molecule has 160 valence electrons. The minimum absolute atomic E-state index is 0.0227. The van der Waals surface area contributed by atoms with Gasteiger partial charge < -0.3 is 14.7 Å². The SMILES string of the molecule is Cc1ccc(N2C[C@@H](C(=O)Nc3cc(-c4noc(C5CC5)n4)sc3C)CC2=O)cc1C. The molecule has 1 saturated heterocycles. The Balaban J connectivity index is 1.28. The Hall–Kier alpha value is -3.00. The zero-order valence-electron chi connectivity index (χ0n) is 17.8. The van der Waals surface area contributed by atoms with Gasteiger partial charge in [-0.25, -0.2) is 0 Å². The Morgan fingerprint density at radius 3 is 2.74 bits per heavy atom. The number of rotatable bonds is 5. The summed E-state index contributed by atoms with van der Waals surface area (Å²) in [6.07, 6.45) is 2.42. The third-order valence-corrected chi connectivity index (χ3v) is 7.11. The third kappa shape index (κ3) is 3.87. The molecule has 1 saturated carbocycles. The molecular weight excluding hydrogens is 412 g/mol. The van der Waals surface area contributed by atoms with E-state index < -0.39 is 0 Å². The van der Waals surface area contributed by atoms with Crippen molar-refractivity contribution in [1.29, 1.82) is 0 Å². The van der Waals surface area contributed by atoms with Crippen molar-refractivity contribution in [2.45, 2.75) is 46.0 Å². The maximum Gasteiger partial charge on any atom is 0.230 e. The van der Waals surface area contributed by atoms with Crippen LogP contribution in [-0.4, -0.2) is 28.5 Å². The van der Waals surface area contributed by atoms with E-state index in [0.29, 0.717) is 24.2 Å². The summed E-state index contributed by atoms with van der Waals surface area (Å²) in [6.45, 7) is 6.41. The predicted molar refractivity (Wildman–Crippen MR) is 119 cm³/mol. The van der Waals surface area contributed by atoms with Gasteiger partial charge >= 0.3 is 0 Å². The number of anilines is 2. The highest BCUT2D eigenvalue weighted by Gasteiger charge is 2.35. The maximum atomic E-state index is 12.9. The normalized spacial score (nSPS) is 18.6. The molecule has 2 fully saturated rings. The summed E-state index contributed by atoms with van der Waals surface area (Å²) in [5.41, 5.74) is 3.89. The minimum Gasteiger partial charge on any atom is -0.339 e. The summed E-state index contributed by atoms with van der Waals surface area (Å²) in [7, 11) is 0. The largest absolute Gasteiger partial charge is 0.339 e. The zero-order chi connectivity index (χ0) is 21.7. The van der Waals surface area contributed by atoms with Crippen molar-refractivity contribution in [3.05, 3.63) is 46.2 Å². The van der Waals surface area contributed by atoms with E-state index in [1.807, 2.05) is 45.0 Å². The molecule has 2 aromatic heterocycles. The number of aryl methyl sites for hydroxylation is 3. The van der Waals surface area contributed by atoms with Crippen LogP contribution in [0.15, 0.2) is 28.8 Å². The van der Waals surface area contributed by atoms with Crippen molar-refractivity contribution in [1.82, 2.24) is 10.1 Å². The first-order valence-corrected chi connectivity index (χ1v) is 11.3. The highest BCUT2D eigenvalue weighted by molar-refractivity contribution is 7.16. The Bertz CT molecular complexity index is 1180. The van der Waals surface area contributed by atoms with Crippen LogP contribution >= 0.6 is 11.3 Å². The van der Waals surface area contributed by atoms with Gasteiger partial charge in [0.25, 0.3) is 0 Å². The quantitative estimate of drug-likeness (QED) is 0.632. The van der Waals surface area contributed by atoms with Crippen LogP contribution in [0.4, 0.5) is 11.4 Å². The van der Waals surface area contributed by atoms with Crippen LogP contribution in [0.5, 0.6) is 0 Å². The standard InChI is InChI=1S/C23H24N4O3S/c1-12-4-7-17(8-13(12)2)27-11-16(9-20(27)28)22(29)24-18-10-19(31-14(18)3)21-25-23(30-26-21)15-5-6-15/h4,7-8,10,15-16H,5-6,9,11H2,1-3H3,(H,24,29)/t16-/m0/s1. The molecule has 2 aliphatic rings. The molecule has 1 N–H and O–H groups in total. The molecule has 31 heavy (non-hydrogen) atoms. The van der Waals surface area contributed by atoms with Gasteiger partial charge in [0.15, 0.2) is 0 Å². The second-order valence-corrected chi connectivity index (χ2v) is 9.73. The number of thiophene rings is 1. The smallest absolute Gasteiger partial charge is 0.230 e. The van der Waals surface area contributed by atoms with Crippen molar-refractivity contribution in [3.8, 4) is 10.7 Å². The number of hydrogen-bond donors (Lipinski definition) is 1. The molecule has 3 aromatic rings. The molecule has 5 rings (SSSR count). The van der Waals surface area contributed by atoms with E-state index in [9.17, 15) is 9.59 Å². The lowest BCUT2D eigenvalue weighted by Gasteiger charge is -2.18. The molecule has 0 spiro atoms. The summed E-state index contributed by atoms with van der Waals surface area (Å²) in [5.74, 6) is 1.12. The number of benzene rings is 1. The van der Waals surface area contributed by atoms with Crippen molar-refractivity contribution < 1.29 is 14.1 Å². The highest BCUT2D eigenvalue weighted by atomic mass is 32.1. The van der Waals surface area contributed by atoms with Gasteiger partial charge in [-0.3, -0.25) is 9.59 Å². The van der Waals surface area contributed by atoms with E-state index in [-0.39, 0.29) is 24.2 Å². The van der Waals surface area contributed by atoms with Crippen LogP contribution in [0, 0.1) is 26.7 Å². The maximum absolute atomic E-state index is 12.9. The summed E-state index contributed by atoms with van der Waals surface area (Å²) in [4.78, 5) is 33.5. The van der Waals surface area contributed by atoms with Crippen LogP contribution in [0.25, 0.3) is 10.7 Å². The van der Waals surface area contributed by atoms with E-state index in [2.05, 4.69) is 15.5 Å². The molecule has 3 heterocycles. The van der Waals surface area contributed by atoms with E-state index in [1.165, 1.54) is 16.9 Å². The molecular formula is C23H24N4O3S. The molecule has 0 radical (unpaired) electrons. The summed E-state index contributed by atoms with van der Waals surface area (Å²) in [6, 6.07) is 7.84.